The quantitative estimate of drug-likeness (QED) is 0.501. The lowest BCUT2D eigenvalue weighted by Crippen LogP contribution is -2.31. The average Bonchev–Trinajstić information content (AvgIpc) is 2.53. The molecule has 0 saturated carbocycles. The average molecular weight is 308 g/mol. The maximum atomic E-state index is 11.0. The predicted molar refractivity (Wildman–Crippen MR) is 83.3 cm³/mol. The fraction of sp³-hybridized carbons (Fsp3) is 0.125. The van der Waals surface area contributed by atoms with Gasteiger partial charge in [0.1, 0.15) is 11.7 Å². The number of anilines is 1. The maximum Gasteiger partial charge on any atom is 0.269 e. The zero-order chi connectivity index (χ0) is 16.6. The van der Waals surface area contributed by atoms with E-state index >= 15 is 0 Å². The Kier molecular flexibility index (Phi) is 3.43. The van der Waals surface area contributed by atoms with Gasteiger partial charge in [-0.3, -0.25) is 15.5 Å². The summed E-state index contributed by atoms with van der Waals surface area (Å²) in [7, 11) is 0. The molecule has 2 unspecified atom stereocenters. The van der Waals surface area contributed by atoms with E-state index in [1.807, 2.05) is 0 Å². The van der Waals surface area contributed by atoms with E-state index < -0.39 is 16.8 Å². The Hall–Kier alpha value is -3.40. The second kappa shape index (κ2) is 5.42. The van der Waals surface area contributed by atoms with Crippen LogP contribution in [-0.2, 0) is 0 Å². The number of fused-ring (bicyclic) bond motifs is 1. The van der Waals surface area contributed by atoms with Crippen molar-refractivity contribution in [3.63, 3.8) is 0 Å². The largest absolute Gasteiger partial charge is 0.442 e. The highest BCUT2D eigenvalue weighted by Crippen LogP contribution is 2.43. The molecule has 1 aliphatic heterocycles. The zero-order valence-corrected chi connectivity index (χ0v) is 11.9. The van der Waals surface area contributed by atoms with Gasteiger partial charge in [-0.25, -0.2) is 0 Å². The van der Waals surface area contributed by atoms with Crippen molar-refractivity contribution in [2.24, 2.45) is 5.92 Å². The molecule has 3 N–H and O–H groups in total. The van der Waals surface area contributed by atoms with Crippen molar-refractivity contribution in [1.29, 1.82) is 10.7 Å². The molecule has 0 aromatic heterocycles. The Morgan fingerprint density at radius 1 is 1.30 bits per heavy atom. The van der Waals surface area contributed by atoms with E-state index in [1.165, 1.54) is 12.1 Å². The minimum Gasteiger partial charge on any atom is -0.442 e. The molecule has 7 heteroatoms. The number of nitro groups is 1. The van der Waals surface area contributed by atoms with Crippen LogP contribution in [0.25, 0.3) is 0 Å². The number of hydrogen-bond donors (Lipinski definition) is 2. The summed E-state index contributed by atoms with van der Waals surface area (Å²) < 4.78 is 5.39. The SMILES string of the molecule is N#CC1C(=N)Oc2cc(N)ccc2C1c1cccc([N+](=O)[O-])c1. The topological polar surface area (TPSA) is 126 Å². The monoisotopic (exact) mass is 308 g/mol. The Morgan fingerprint density at radius 3 is 2.78 bits per heavy atom. The van der Waals surface area contributed by atoms with Crippen LogP contribution in [0.2, 0.25) is 0 Å². The van der Waals surface area contributed by atoms with Gasteiger partial charge in [-0.2, -0.15) is 5.26 Å². The molecular formula is C16H12N4O3. The maximum absolute atomic E-state index is 11.0. The number of benzene rings is 2. The minimum atomic E-state index is -0.854. The number of nitro benzene ring substituents is 1. The highest BCUT2D eigenvalue weighted by molar-refractivity contribution is 5.85. The van der Waals surface area contributed by atoms with Gasteiger partial charge in [0.15, 0.2) is 0 Å². The molecule has 0 radical (unpaired) electrons. The van der Waals surface area contributed by atoms with Crippen LogP contribution in [-0.4, -0.2) is 10.8 Å². The van der Waals surface area contributed by atoms with Crippen LogP contribution < -0.4 is 10.5 Å². The second-order valence-electron chi connectivity index (χ2n) is 5.20. The molecule has 0 spiro atoms. The molecule has 2 aromatic carbocycles. The van der Waals surface area contributed by atoms with Crippen molar-refractivity contribution in [2.75, 3.05) is 5.73 Å². The highest BCUT2D eigenvalue weighted by Gasteiger charge is 2.37. The number of nitrogen functional groups attached to an aromatic ring is 1. The first-order valence-electron chi connectivity index (χ1n) is 6.81. The molecule has 7 nitrogen and oxygen atoms in total. The van der Waals surface area contributed by atoms with E-state index in [2.05, 4.69) is 6.07 Å². The van der Waals surface area contributed by atoms with Gasteiger partial charge >= 0.3 is 0 Å². The van der Waals surface area contributed by atoms with Gasteiger partial charge in [0.05, 0.1) is 11.0 Å². The van der Waals surface area contributed by atoms with Crippen molar-refractivity contribution in [2.45, 2.75) is 5.92 Å². The summed E-state index contributed by atoms with van der Waals surface area (Å²) in [6, 6.07) is 13.1. The van der Waals surface area contributed by atoms with Gasteiger partial charge in [0, 0.05) is 35.4 Å². The normalized spacial score (nSPS) is 19.3. The third kappa shape index (κ3) is 2.46. The summed E-state index contributed by atoms with van der Waals surface area (Å²) in [4.78, 5) is 10.5. The van der Waals surface area contributed by atoms with Crippen LogP contribution in [0.15, 0.2) is 42.5 Å². The van der Waals surface area contributed by atoms with E-state index in [9.17, 15) is 15.4 Å². The molecule has 3 rings (SSSR count). The number of non-ortho nitro benzene ring substituents is 1. The van der Waals surface area contributed by atoms with E-state index in [0.29, 0.717) is 22.6 Å². The van der Waals surface area contributed by atoms with Crippen molar-refractivity contribution in [3.8, 4) is 11.8 Å². The number of ether oxygens (including phenoxy) is 1. The molecule has 0 amide bonds. The summed E-state index contributed by atoms with van der Waals surface area (Å²) >= 11 is 0. The Bertz CT molecular complexity index is 857. The van der Waals surface area contributed by atoms with Gasteiger partial charge in [-0.05, 0) is 11.6 Å². The van der Waals surface area contributed by atoms with Gasteiger partial charge in [-0.15, -0.1) is 0 Å². The molecule has 0 saturated heterocycles. The Labute approximate surface area is 131 Å². The van der Waals surface area contributed by atoms with E-state index in [0.717, 1.165) is 0 Å². The Morgan fingerprint density at radius 2 is 2.09 bits per heavy atom. The molecule has 0 bridgehead atoms. The summed E-state index contributed by atoms with van der Waals surface area (Å²) in [5, 5.41) is 28.4. The van der Waals surface area contributed by atoms with Gasteiger partial charge < -0.3 is 10.5 Å². The standard InChI is InChI=1S/C16H12N4O3/c17-8-13-15(9-2-1-3-11(6-9)20(21)22)12-5-4-10(18)7-14(12)23-16(13)19/h1-7,13,15,19H,18H2. The fourth-order valence-corrected chi connectivity index (χ4v) is 2.75. The van der Waals surface area contributed by atoms with Gasteiger partial charge in [-0.1, -0.05) is 18.2 Å². The van der Waals surface area contributed by atoms with Crippen LogP contribution in [0.1, 0.15) is 17.0 Å². The minimum absolute atomic E-state index is 0.0609. The number of nitrogens with zero attached hydrogens (tertiary/aromatic N) is 2. The molecule has 23 heavy (non-hydrogen) atoms. The highest BCUT2D eigenvalue weighted by atomic mass is 16.6. The lowest BCUT2D eigenvalue weighted by molar-refractivity contribution is -0.384. The molecular weight excluding hydrogens is 296 g/mol. The van der Waals surface area contributed by atoms with Crippen LogP contribution in [0.5, 0.6) is 5.75 Å². The molecule has 0 fully saturated rings. The predicted octanol–water partition coefficient (Wildman–Crippen LogP) is 2.82. The molecule has 1 heterocycles. The first kappa shape index (κ1) is 14.5. The first-order valence-corrected chi connectivity index (χ1v) is 6.81. The van der Waals surface area contributed by atoms with Crippen molar-refractivity contribution in [3.05, 3.63) is 63.7 Å². The summed E-state index contributed by atoms with van der Waals surface area (Å²) in [6.07, 6.45) is 0. The number of nitrogens with one attached hydrogen (secondary N) is 1. The lowest BCUT2D eigenvalue weighted by atomic mass is 9.79. The van der Waals surface area contributed by atoms with Gasteiger partial charge in [0.2, 0.25) is 5.90 Å². The third-order valence-corrected chi connectivity index (χ3v) is 3.79. The molecule has 2 atom stereocenters. The Balaban J connectivity index is 2.19. The molecule has 0 aliphatic carbocycles. The van der Waals surface area contributed by atoms with Crippen LogP contribution in [0.4, 0.5) is 11.4 Å². The van der Waals surface area contributed by atoms with E-state index in [1.54, 1.807) is 30.3 Å². The van der Waals surface area contributed by atoms with E-state index in [-0.39, 0.29) is 11.6 Å². The molecule has 114 valence electrons. The fourth-order valence-electron chi connectivity index (χ4n) is 2.75. The first-order chi connectivity index (χ1) is 11.0. The summed E-state index contributed by atoms with van der Waals surface area (Å²) in [5.74, 6) is -1.16. The molecule has 2 aromatic rings. The number of rotatable bonds is 2. The second-order valence-corrected chi connectivity index (χ2v) is 5.20. The van der Waals surface area contributed by atoms with Crippen LogP contribution >= 0.6 is 0 Å². The third-order valence-electron chi connectivity index (χ3n) is 3.79. The van der Waals surface area contributed by atoms with E-state index in [4.69, 9.17) is 15.9 Å². The smallest absolute Gasteiger partial charge is 0.269 e. The van der Waals surface area contributed by atoms with Crippen LogP contribution in [0, 0.1) is 32.8 Å². The van der Waals surface area contributed by atoms with Crippen molar-refractivity contribution in [1.82, 2.24) is 0 Å². The molecule has 1 aliphatic rings. The lowest BCUT2D eigenvalue weighted by Gasteiger charge is -2.30. The van der Waals surface area contributed by atoms with Crippen molar-refractivity contribution < 1.29 is 9.66 Å². The number of nitriles is 1. The summed E-state index contributed by atoms with van der Waals surface area (Å²) in [6.45, 7) is 0. The van der Waals surface area contributed by atoms with Crippen LogP contribution in [0.3, 0.4) is 0 Å². The number of nitrogens with two attached hydrogens (primary N) is 1. The van der Waals surface area contributed by atoms with Crippen molar-refractivity contribution >= 4 is 17.3 Å². The zero-order valence-electron chi connectivity index (χ0n) is 11.9. The summed E-state index contributed by atoms with van der Waals surface area (Å²) in [5.41, 5.74) is 7.42. The number of hydrogen-bond acceptors (Lipinski definition) is 6. The van der Waals surface area contributed by atoms with Gasteiger partial charge in [0.25, 0.3) is 5.69 Å².